The molecular weight excluding hydrogens is 347 g/mol. The first-order valence-electron chi connectivity index (χ1n) is 6.06. The predicted octanol–water partition coefficient (Wildman–Crippen LogP) is 4.06. The number of amides is 1. The Labute approximate surface area is 139 Å². The van der Waals surface area contributed by atoms with E-state index in [0.29, 0.717) is 26.5 Å². The van der Waals surface area contributed by atoms with Crippen molar-refractivity contribution in [2.45, 2.75) is 6.92 Å². The molecule has 9 heteroatoms. The van der Waals surface area contributed by atoms with Crippen LogP contribution in [0.3, 0.4) is 0 Å². The number of carbonyl (C=O) groups is 1. The zero-order chi connectivity index (χ0) is 15.7. The highest BCUT2D eigenvalue weighted by Gasteiger charge is 2.25. The van der Waals surface area contributed by atoms with Gasteiger partial charge in [0.15, 0.2) is 0 Å². The maximum Gasteiger partial charge on any atom is 0.263 e. The van der Waals surface area contributed by atoms with Crippen molar-refractivity contribution in [1.82, 2.24) is 15.4 Å². The van der Waals surface area contributed by atoms with Crippen LogP contribution in [-0.4, -0.2) is 21.3 Å². The van der Waals surface area contributed by atoms with Crippen LogP contribution in [-0.2, 0) is 0 Å². The molecule has 0 aliphatic carbocycles. The predicted molar refractivity (Wildman–Crippen MR) is 84.6 cm³/mol. The summed E-state index contributed by atoms with van der Waals surface area (Å²) < 4.78 is 5.14. The number of rotatable bonds is 3. The minimum absolute atomic E-state index is 0.255. The Balaban J connectivity index is 2.06. The Morgan fingerprint density at radius 1 is 1.32 bits per heavy atom. The van der Waals surface area contributed by atoms with E-state index >= 15 is 0 Å². The summed E-state index contributed by atoms with van der Waals surface area (Å²) in [7, 11) is 0. The number of hydrogen-bond acceptors (Lipinski definition) is 6. The van der Waals surface area contributed by atoms with Crippen molar-refractivity contribution in [3.8, 4) is 11.3 Å². The number of aryl methyl sites for hydroxylation is 1. The van der Waals surface area contributed by atoms with Crippen LogP contribution in [0.15, 0.2) is 28.2 Å². The third-order valence-electron chi connectivity index (χ3n) is 2.87. The molecule has 2 aromatic heterocycles. The molecule has 112 valence electrons. The molecule has 0 fully saturated rings. The number of aromatic nitrogens is 3. The largest absolute Gasteiger partial charge is 0.360 e. The number of nitrogens with one attached hydrogen (secondary N) is 1. The summed E-state index contributed by atoms with van der Waals surface area (Å²) in [5, 5.41) is 15.1. The number of nitrogens with zero attached hydrogens (tertiary/aromatic N) is 3. The van der Waals surface area contributed by atoms with Gasteiger partial charge in [0, 0.05) is 5.56 Å². The maximum absolute atomic E-state index is 12.5. The normalized spacial score (nSPS) is 10.7. The molecule has 22 heavy (non-hydrogen) atoms. The third kappa shape index (κ3) is 2.70. The van der Waals surface area contributed by atoms with Gasteiger partial charge in [0.1, 0.15) is 22.5 Å². The average molecular weight is 355 g/mol. The first kappa shape index (κ1) is 15.0. The molecule has 0 saturated carbocycles. The molecule has 0 aliphatic heterocycles. The van der Waals surface area contributed by atoms with E-state index in [1.54, 1.807) is 25.1 Å². The van der Waals surface area contributed by atoms with Crippen molar-refractivity contribution in [2.75, 3.05) is 5.32 Å². The maximum atomic E-state index is 12.5. The van der Waals surface area contributed by atoms with Gasteiger partial charge in [-0.25, -0.2) is 0 Å². The Bertz CT molecular complexity index is 812. The minimum Gasteiger partial charge on any atom is -0.360 e. The van der Waals surface area contributed by atoms with Crippen molar-refractivity contribution in [3.05, 3.63) is 45.1 Å². The van der Waals surface area contributed by atoms with Crippen molar-refractivity contribution in [2.24, 2.45) is 0 Å². The van der Waals surface area contributed by atoms with Gasteiger partial charge in [0.05, 0.1) is 10.0 Å². The lowest BCUT2D eigenvalue weighted by Gasteiger charge is -2.06. The molecule has 0 aliphatic rings. The highest BCUT2D eigenvalue weighted by Crippen LogP contribution is 2.36. The molecule has 1 amide bonds. The summed E-state index contributed by atoms with van der Waals surface area (Å²) in [6.07, 6.45) is 0. The lowest BCUT2D eigenvalue weighted by atomic mass is 10.1. The van der Waals surface area contributed by atoms with Crippen LogP contribution < -0.4 is 5.32 Å². The first-order valence-corrected chi connectivity index (χ1v) is 7.69. The molecule has 0 spiro atoms. The SMILES string of the molecule is Cc1onc(-c2c(Cl)cccc2Cl)c1C(=O)Nc1nncs1. The van der Waals surface area contributed by atoms with Gasteiger partial charge < -0.3 is 4.52 Å². The van der Waals surface area contributed by atoms with Gasteiger partial charge in [-0.3, -0.25) is 10.1 Å². The second-order valence-electron chi connectivity index (χ2n) is 4.26. The molecule has 1 aromatic carbocycles. The minimum atomic E-state index is -0.415. The summed E-state index contributed by atoms with van der Waals surface area (Å²) in [6.45, 7) is 1.64. The third-order valence-corrected chi connectivity index (χ3v) is 4.11. The van der Waals surface area contributed by atoms with E-state index in [1.165, 1.54) is 16.8 Å². The van der Waals surface area contributed by atoms with Gasteiger partial charge in [-0.1, -0.05) is 45.8 Å². The molecular formula is C13H8Cl2N4O2S. The van der Waals surface area contributed by atoms with Gasteiger partial charge >= 0.3 is 0 Å². The van der Waals surface area contributed by atoms with E-state index in [0.717, 1.165) is 0 Å². The molecule has 2 heterocycles. The Morgan fingerprint density at radius 3 is 2.68 bits per heavy atom. The molecule has 6 nitrogen and oxygen atoms in total. The number of halogens is 2. The number of hydrogen-bond donors (Lipinski definition) is 1. The quantitative estimate of drug-likeness (QED) is 0.766. The van der Waals surface area contributed by atoms with Crippen LogP contribution in [0.2, 0.25) is 10.0 Å². The van der Waals surface area contributed by atoms with E-state index in [9.17, 15) is 4.79 Å². The molecule has 0 bridgehead atoms. The van der Waals surface area contributed by atoms with Gasteiger partial charge in [0.25, 0.3) is 5.91 Å². The van der Waals surface area contributed by atoms with Crippen molar-refractivity contribution >= 4 is 45.6 Å². The van der Waals surface area contributed by atoms with Crippen molar-refractivity contribution in [1.29, 1.82) is 0 Å². The van der Waals surface area contributed by atoms with Crippen LogP contribution in [0.5, 0.6) is 0 Å². The Morgan fingerprint density at radius 2 is 2.05 bits per heavy atom. The Hall–Kier alpha value is -1.96. The lowest BCUT2D eigenvalue weighted by Crippen LogP contribution is -2.13. The summed E-state index contributed by atoms with van der Waals surface area (Å²) in [5.74, 6) is -0.0607. The fourth-order valence-electron chi connectivity index (χ4n) is 1.92. The van der Waals surface area contributed by atoms with Crippen molar-refractivity contribution < 1.29 is 9.32 Å². The number of carbonyl (C=O) groups excluding carboxylic acids is 1. The molecule has 3 rings (SSSR count). The Kier molecular flexibility index (Phi) is 4.10. The molecule has 0 radical (unpaired) electrons. The molecule has 0 unspecified atom stereocenters. The summed E-state index contributed by atoms with van der Waals surface area (Å²) in [5.41, 5.74) is 2.51. The van der Waals surface area contributed by atoms with E-state index in [-0.39, 0.29) is 11.3 Å². The van der Waals surface area contributed by atoms with Crippen LogP contribution >= 0.6 is 34.5 Å². The number of anilines is 1. The average Bonchev–Trinajstić information content (AvgIpc) is 3.09. The topological polar surface area (TPSA) is 80.9 Å². The monoisotopic (exact) mass is 354 g/mol. The summed E-state index contributed by atoms with van der Waals surface area (Å²) in [6, 6.07) is 5.04. The van der Waals surface area contributed by atoms with Gasteiger partial charge in [-0.05, 0) is 19.1 Å². The van der Waals surface area contributed by atoms with Crippen molar-refractivity contribution in [3.63, 3.8) is 0 Å². The van der Waals surface area contributed by atoms with Gasteiger partial charge in [-0.15, -0.1) is 10.2 Å². The fourth-order valence-corrected chi connectivity index (χ4v) is 2.94. The van der Waals surface area contributed by atoms with Crippen LogP contribution in [0.25, 0.3) is 11.3 Å². The first-order chi connectivity index (χ1) is 10.6. The second kappa shape index (κ2) is 6.04. The zero-order valence-corrected chi connectivity index (χ0v) is 13.5. The highest BCUT2D eigenvalue weighted by molar-refractivity contribution is 7.13. The van der Waals surface area contributed by atoms with Crippen LogP contribution in [0.1, 0.15) is 16.1 Å². The van der Waals surface area contributed by atoms with E-state index in [2.05, 4.69) is 20.7 Å². The fraction of sp³-hybridized carbons (Fsp3) is 0.0769. The van der Waals surface area contributed by atoms with Gasteiger partial charge in [0.2, 0.25) is 5.13 Å². The van der Waals surface area contributed by atoms with E-state index in [1.807, 2.05) is 0 Å². The molecule has 3 aromatic rings. The molecule has 0 saturated heterocycles. The smallest absolute Gasteiger partial charge is 0.263 e. The zero-order valence-electron chi connectivity index (χ0n) is 11.1. The van der Waals surface area contributed by atoms with Crippen LogP contribution in [0, 0.1) is 6.92 Å². The van der Waals surface area contributed by atoms with E-state index in [4.69, 9.17) is 27.7 Å². The highest BCUT2D eigenvalue weighted by atomic mass is 35.5. The molecule has 1 N–H and O–H groups in total. The lowest BCUT2D eigenvalue weighted by molar-refractivity contribution is 0.102. The summed E-state index contributed by atoms with van der Waals surface area (Å²) >= 11 is 13.6. The van der Waals surface area contributed by atoms with Gasteiger partial charge in [-0.2, -0.15) is 0 Å². The standard InChI is InChI=1S/C13H8Cl2N4O2S/c1-6-9(12(20)17-13-18-16-5-22-13)11(19-21-6)10-7(14)3-2-4-8(10)15/h2-5H,1H3,(H,17,18,20). The van der Waals surface area contributed by atoms with E-state index < -0.39 is 5.91 Å². The molecule has 0 atom stereocenters. The second-order valence-corrected chi connectivity index (χ2v) is 5.90. The summed E-state index contributed by atoms with van der Waals surface area (Å²) in [4.78, 5) is 12.5. The number of benzene rings is 1. The van der Waals surface area contributed by atoms with Crippen LogP contribution in [0.4, 0.5) is 5.13 Å².